The number of nitrogens with two attached hydrogens (primary N) is 1. The second-order valence-electron chi connectivity index (χ2n) is 3.86. The molecule has 0 amide bonds. The van der Waals surface area contributed by atoms with Gasteiger partial charge in [-0.2, -0.15) is 0 Å². The highest BCUT2D eigenvalue weighted by Gasteiger charge is 2.44. The van der Waals surface area contributed by atoms with Crippen molar-refractivity contribution in [2.45, 2.75) is 36.1 Å². The fraction of sp³-hybridized carbons (Fsp3) is 0.889. The van der Waals surface area contributed by atoms with E-state index < -0.39 is 42.0 Å². The summed E-state index contributed by atoms with van der Waals surface area (Å²) in [6.45, 7) is 0. The lowest BCUT2D eigenvalue weighted by molar-refractivity contribution is -0.270. The Hall–Kier alpha value is -0.420. The highest BCUT2D eigenvalue weighted by molar-refractivity contribution is 7.99. The molecule has 0 aromatic heterocycles. The van der Waals surface area contributed by atoms with E-state index in [9.17, 15) is 20.1 Å². The maximum atomic E-state index is 10.5. The average molecular weight is 283 g/mol. The first-order valence-corrected chi connectivity index (χ1v) is 6.25. The van der Waals surface area contributed by atoms with Crippen LogP contribution in [-0.2, 0) is 14.3 Å². The molecule has 9 heteroatoms. The number of ether oxygens (including phenoxy) is 2. The zero-order chi connectivity index (χ0) is 13.9. The van der Waals surface area contributed by atoms with Crippen LogP contribution in [0.15, 0.2) is 0 Å². The van der Waals surface area contributed by atoms with Gasteiger partial charge in [0.1, 0.15) is 29.8 Å². The second-order valence-corrected chi connectivity index (χ2v) is 4.99. The Balaban J connectivity index is 2.56. The predicted molar refractivity (Wildman–Crippen MR) is 61.8 cm³/mol. The summed E-state index contributed by atoms with van der Waals surface area (Å²) in [5.74, 6) is -1.17. The fourth-order valence-electron chi connectivity index (χ4n) is 1.42. The van der Waals surface area contributed by atoms with Gasteiger partial charge in [0.05, 0.1) is 0 Å². The van der Waals surface area contributed by atoms with Crippen LogP contribution in [0.4, 0.5) is 0 Å². The number of hydrogen-bond acceptors (Lipinski definition) is 8. The summed E-state index contributed by atoms with van der Waals surface area (Å²) in [5.41, 5.74) is 4.39. The van der Waals surface area contributed by atoms with Crippen LogP contribution >= 0.6 is 11.8 Å². The van der Waals surface area contributed by atoms with Crippen LogP contribution in [0, 0.1) is 0 Å². The number of thioether (sulfide) groups is 1. The van der Waals surface area contributed by atoms with Crippen molar-refractivity contribution >= 4 is 17.7 Å². The molecule has 1 aliphatic heterocycles. The number of rotatable bonds is 5. The summed E-state index contributed by atoms with van der Waals surface area (Å²) >= 11 is 0.938. The van der Waals surface area contributed by atoms with Gasteiger partial charge >= 0.3 is 5.97 Å². The molecule has 1 fully saturated rings. The first-order valence-electron chi connectivity index (χ1n) is 5.21. The molecule has 0 saturated carbocycles. The molecule has 6 N–H and O–H groups in total. The second kappa shape index (κ2) is 6.66. The van der Waals surface area contributed by atoms with Gasteiger partial charge in [-0.3, -0.25) is 4.79 Å². The fourth-order valence-corrected chi connectivity index (χ4v) is 2.51. The van der Waals surface area contributed by atoms with E-state index in [1.165, 1.54) is 7.11 Å². The van der Waals surface area contributed by atoms with E-state index in [0.29, 0.717) is 0 Å². The Bertz CT molecular complexity index is 290. The lowest BCUT2D eigenvalue weighted by Gasteiger charge is -2.39. The third-order valence-electron chi connectivity index (χ3n) is 2.52. The van der Waals surface area contributed by atoms with Gasteiger partial charge in [0.2, 0.25) is 0 Å². The van der Waals surface area contributed by atoms with E-state index in [1.807, 2.05) is 0 Å². The maximum Gasteiger partial charge on any atom is 0.321 e. The van der Waals surface area contributed by atoms with Crippen LogP contribution in [0.2, 0.25) is 0 Å². The molecule has 5 unspecified atom stereocenters. The van der Waals surface area contributed by atoms with Gasteiger partial charge in [-0.15, -0.1) is 11.8 Å². The molecule has 0 aromatic carbocycles. The van der Waals surface area contributed by atoms with Crippen molar-refractivity contribution in [1.82, 2.24) is 0 Å². The topological polar surface area (TPSA) is 142 Å². The smallest absolute Gasteiger partial charge is 0.321 e. The number of aliphatic hydroxyl groups is 3. The van der Waals surface area contributed by atoms with Gasteiger partial charge in [0.15, 0.2) is 6.29 Å². The molecule has 1 aliphatic rings. The summed E-state index contributed by atoms with van der Waals surface area (Å²) in [4.78, 5) is 10.5. The monoisotopic (exact) mass is 283 g/mol. The third-order valence-corrected chi connectivity index (χ3v) is 3.79. The van der Waals surface area contributed by atoms with Gasteiger partial charge in [0, 0.05) is 12.9 Å². The van der Waals surface area contributed by atoms with Crippen molar-refractivity contribution in [2.75, 3.05) is 12.9 Å². The Morgan fingerprint density at radius 2 is 2.00 bits per heavy atom. The Kier molecular flexibility index (Phi) is 5.79. The highest BCUT2D eigenvalue weighted by Crippen LogP contribution is 2.28. The zero-order valence-electron chi connectivity index (χ0n) is 9.67. The van der Waals surface area contributed by atoms with E-state index in [0.717, 1.165) is 11.8 Å². The Morgan fingerprint density at radius 1 is 1.39 bits per heavy atom. The van der Waals surface area contributed by atoms with Crippen molar-refractivity contribution in [3.8, 4) is 0 Å². The average Bonchev–Trinajstić information content (AvgIpc) is 2.34. The van der Waals surface area contributed by atoms with Crippen molar-refractivity contribution < 1.29 is 34.7 Å². The highest BCUT2D eigenvalue weighted by atomic mass is 32.2. The maximum absolute atomic E-state index is 10.5. The first kappa shape index (κ1) is 15.6. The molecule has 0 aromatic rings. The molecule has 0 bridgehead atoms. The Morgan fingerprint density at radius 3 is 2.50 bits per heavy atom. The van der Waals surface area contributed by atoms with Crippen molar-refractivity contribution in [3.05, 3.63) is 0 Å². The molecule has 6 atom stereocenters. The lowest BCUT2D eigenvalue weighted by atomic mass is 10.1. The number of aliphatic hydroxyl groups excluding tert-OH is 3. The third kappa shape index (κ3) is 3.54. The summed E-state index contributed by atoms with van der Waals surface area (Å²) < 4.78 is 10.00. The number of hydrogen-bond donors (Lipinski definition) is 5. The minimum absolute atomic E-state index is 0.00366. The molecule has 106 valence electrons. The summed E-state index contributed by atoms with van der Waals surface area (Å²) in [7, 11) is 1.28. The van der Waals surface area contributed by atoms with Crippen LogP contribution in [0.5, 0.6) is 0 Å². The van der Waals surface area contributed by atoms with Crippen LogP contribution in [0.1, 0.15) is 0 Å². The van der Waals surface area contributed by atoms with Gasteiger partial charge in [-0.1, -0.05) is 0 Å². The molecule has 8 nitrogen and oxygen atoms in total. The van der Waals surface area contributed by atoms with Crippen molar-refractivity contribution in [2.24, 2.45) is 5.73 Å². The van der Waals surface area contributed by atoms with Gasteiger partial charge < -0.3 is 35.6 Å². The lowest BCUT2D eigenvalue weighted by Crippen LogP contribution is -2.57. The number of carbonyl (C=O) groups is 1. The molecule has 1 saturated heterocycles. The van der Waals surface area contributed by atoms with E-state index in [1.54, 1.807) is 0 Å². The number of carboxylic acid groups (broad SMARTS) is 1. The zero-order valence-corrected chi connectivity index (χ0v) is 10.5. The largest absolute Gasteiger partial charge is 0.480 e. The van der Waals surface area contributed by atoms with Crippen LogP contribution in [0.3, 0.4) is 0 Å². The van der Waals surface area contributed by atoms with Gasteiger partial charge in [-0.25, -0.2) is 0 Å². The first-order chi connectivity index (χ1) is 8.38. The minimum atomic E-state index is -1.43. The Labute approximate surface area is 108 Å². The molecule has 18 heavy (non-hydrogen) atoms. The molecule has 1 rings (SSSR count). The van der Waals surface area contributed by atoms with Crippen LogP contribution in [-0.4, -0.2) is 75.3 Å². The molecule has 1 heterocycles. The molecule has 0 radical (unpaired) electrons. The summed E-state index contributed by atoms with van der Waals surface area (Å²) in [5, 5.41) is 37.4. The van der Waals surface area contributed by atoms with E-state index in [4.69, 9.17) is 20.3 Å². The SMILES string of the molecule is COC1OC(SC[C@H](N)C(=O)O)C(O)C(O)C1O. The van der Waals surface area contributed by atoms with Gasteiger partial charge in [0.25, 0.3) is 0 Å². The molecule has 0 aliphatic carbocycles. The van der Waals surface area contributed by atoms with Gasteiger partial charge in [-0.05, 0) is 0 Å². The van der Waals surface area contributed by atoms with E-state index in [2.05, 4.69) is 0 Å². The van der Waals surface area contributed by atoms with Crippen LogP contribution < -0.4 is 5.73 Å². The minimum Gasteiger partial charge on any atom is -0.480 e. The predicted octanol–water partition coefficient (Wildman–Crippen LogP) is -2.46. The summed E-state index contributed by atoms with van der Waals surface area (Å²) in [6.07, 6.45) is -5.23. The number of methoxy groups -OCH3 is 1. The summed E-state index contributed by atoms with van der Waals surface area (Å²) in [6, 6.07) is -1.10. The normalized spacial score (nSPS) is 38.4. The van der Waals surface area contributed by atoms with Crippen LogP contribution in [0.25, 0.3) is 0 Å². The van der Waals surface area contributed by atoms with E-state index in [-0.39, 0.29) is 5.75 Å². The van der Waals surface area contributed by atoms with E-state index >= 15 is 0 Å². The molecular formula is C9H17NO7S. The standard InChI is InChI=1S/C9H17NO7S/c1-16-8-5(12)4(11)6(13)9(17-8)18-2-3(10)7(14)15/h3-6,8-9,11-13H,2,10H2,1H3,(H,14,15)/t3-,4?,5?,6?,8?,9?/m0/s1. The number of aliphatic carboxylic acids is 1. The number of carboxylic acids is 1. The quantitative estimate of drug-likeness (QED) is 0.371. The van der Waals surface area contributed by atoms with Crippen molar-refractivity contribution in [1.29, 1.82) is 0 Å². The molecule has 0 spiro atoms. The molecular weight excluding hydrogens is 266 g/mol. The van der Waals surface area contributed by atoms with Crippen molar-refractivity contribution in [3.63, 3.8) is 0 Å².